The Labute approximate surface area is 138 Å². The van der Waals surface area contributed by atoms with Crippen LogP contribution >= 0.6 is 0 Å². The Morgan fingerprint density at radius 1 is 1.00 bits per heavy atom. The van der Waals surface area contributed by atoms with Crippen molar-refractivity contribution in [3.8, 4) is 0 Å². The predicted octanol–water partition coefficient (Wildman–Crippen LogP) is 3.26. The third kappa shape index (κ3) is 5.42. The van der Waals surface area contributed by atoms with Crippen LogP contribution in [0.4, 0.5) is 11.4 Å². The van der Waals surface area contributed by atoms with Gasteiger partial charge in [0.2, 0.25) is 5.91 Å². The first-order chi connectivity index (χ1) is 11.1. The second-order valence-electron chi connectivity index (χ2n) is 6.00. The van der Waals surface area contributed by atoms with Crippen LogP contribution in [0.3, 0.4) is 0 Å². The smallest absolute Gasteiger partial charge is 0.241 e. The molecular formula is C19H25N3O. The molecule has 0 saturated carbocycles. The van der Waals surface area contributed by atoms with Gasteiger partial charge in [0.05, 0.1) is 6.04 Å². The summed E-state index contributed by atoms with van der Waals surface area (Å²) < 4.78 is 0. The highest BCUT2D eigenvalue weighted by Crippen LogP contribution is 2.14. The molecule has 0 aliphatic rings. The third-order valence-electron chi connectivity index (χ3n) is 3.76. The molecule has 0 aromatic heterocycles. The van der Waals surface area contributed by atoms with Crippen LogP contribution in [0.1, 0.15) is 19.4 Å². The number of benzene rings is 2. The first-order valence-electron chi connectivity index (χ1n) is 8.00. The summed E-state index contributed by atoms with van der Waals surface area (Å²) in [7, 11) is 0. The molecule has 2 aromatic carbocycles. The van der Waals surface area contributed by atoms with E-state index >= 15 is 0 Å². The number of anilines is 2. The zero-order chi connectivity index (χ0) is 16.7. The fourth-order valence-electron chi connectivity index (χ4n) is 2.20. The zero-order valence-electron chi connectivity index (χ0n) is 13.8. The van der Waals surface area contributed by atoms with Gasteiger partial charge in [-0.2, -0.15) is 0 Å². The molecule has 2 rings (SSSR count). The van der Waals surface area contributed by atoms with Gasteiger partial charge in [0.15, 0.2) is 0 Å². The molecule has 0 aliphatic heterocycles. The second kappa shape index (κ2) is 8.34. The lowest BCUT2D eigenvalue weighted by Gasteiger charge is -2.15. The lowest BCUT2D eigenvalue weighted by atomic mass is 10.0. The largest absolute Gasteiger partial charge is 0.385 e. The summed E-state index contributed by atoms with van der Waals surface area (Å²) in [4.78, 5) is 11.9. The zero-order valence-corrected chi connectivity index (χ0v) is 13.8. The van der Waals surface area contributed by atoms with E-state index in [9.17, 15) is 4.79 Å². The second-order valence-corrected chi connectivity index (χ2v) is 6.00. The van der Waals surface area contributed by atoms with Crippen molar-refractivity contribution >= 4 is 17.3 Å². The van der Waals surface area contributed by atoms with Crippen LogP contribution in [-0.4, -0.2) is 18.5 Å². The maximum absolute atomic E-state index is 11.9. The fraction of sp³-hybridized carbons (Fsp3) is 0.316. The molecule has 1 amide bonds. The number of nitrogens with one attached hydrogen (secondary N) is 2. The Balaban J connectivity index is 1.81. The minimum absolute atomic E-state index is 0.119. The van der Waals surface area contributed by atoms with E-state index in [1.165, 1.54) is 5.56 Å². The SMILES string of the molecule is CC(C)[C@H](N)C(=O)Nc1ccc(NCCc2ccccc2)cc1. The summed E-state index contributed by atoms with van der Waals surface area (Å²) in [6.07, 6.45) is 0.975. The monoisotopic (exact) mass is 311 g/mol. The van der Waals surface area contributed by atoms with Gasteiger partial charge in [0.25, 0.3) is 0 Å². The molecule has 23 heavy (non-hydrogen) atoms. The lowest BCUT2D eigenvalue weighted by molar-refractivity contribution is -0.118. The van der Waals surface area contributed by atoms with E-state index in [0.717, 1.165) is 24.3 Å². The number of hydrogen-bond donors (Lipinski definition) is 3. The number of nitrogens with two attached hydrogens (primary N) is 1. The van der Waals surface area contributed by atoms with Crippen molar-refractivity contribution in [3.05, 3.63) is 60.2 Å². The van der Waals surface area contributed by atoms with Crippen LogP contribution < -0.4 is 16.4 Å². The molecule has 4 N–H and O–H groups in total. The average molecular weight is 311 g/mol. The molecule has 0 radical (unpaired) electrons. The van der Waals surface area contributed by atoms with Gasteiger partial charge in [-0.25, -0.2) is 0 Å². The van der Waals surface area contributed by atoms with E-state index in [2.05, 4.69) is 34.9 Å². The van der Waals surface area contributed by atoms with Gasteiger partial charge in [0, 0.05) is 17.9 Å². The molecule has 0 spiro atoms. The molecule has 0 saturated heterocycles. The Morgan fingerprint density at radius 2 is 1.61 bits per heavy atom. The molecule has 122 valence electrons. The van der Waals surface area contributed by atoms with Crippen LogP contribution in [0, 0.1) is 5.92 Å². The van der Waals surface area contributed by atoms with E-state index in [0.29, 0.717) is 0 Å². The summed E-state index contributed by atoms with van der Waals surface area (Å²) in [5.74, 6) is -0.0290. The minimum atomic E-state index is -0.487. The highest BCUT2D eigenvalue weighted by Gasteiger charge is 2.16. The normalized spacial score (nSPS) is 12.0. The maximum atomic E-state index is 11.9. The van der Waals surface area contributed by atoms with Gasteiger partial charge >= 0.3 is 0 Å². The maximum Gasteiger partial charge on any atom is 0.241 e. The summed E-state index contributed by atoms with van der Waals surface area (Å²) >= 11 is 0. The minimum Gasteiger partial charge on any atom is -0.385 e. The summed E-state index contributed by atoms with van der Waals surface area (Å²) in [5.41, 5.74) is 8.94. The van der Waals surface area contributed by atoms with Crippen molar-refractivity contribution in [2.75, 3.05) is 17.2 Å². The van der Waals surface area contributed by atoms with E-state index in [1.54, 1.807) is 0 Å². The average Bonchev–Trinajstić information content (AvgIpc) is 2.56. The van der Waals surface area contributed by atoms with Crippen molar-refractivity contribution < 1.29 is 4.79 Å². The number of carbonyl (C=O) groups is 1. The Hall–Kier alpha value is -2.33. The van der Waals surface area contributed by atoms with Gasteiger partial charge < -0.3 is 16.4 Å². The van der Waals surface area contributed by atoms with E-state index < -0.39 is 6.04 Å². The molecule has 4 heteroatoms. The van der Waals surface area contributed by atoms with Crippen molar-refractivity contribution in [1.82, 2.24) is 0 Å². The van der Waals surface area contributed by atoms with Gasteiger partial charge in [0.1, 0.15) is 0 Å². The molecule has 0 bridgehead atoms. The molecule has 1 atom stereocenters. The topological polar surface area (TPSA) is 67.2 Å². The van der Waals surface area contributed by atoms with Crippen LogP contribution in [0.25, 0.3) is 0 Å². The number of amides is 1. The van der Waals surface area contributed by atoms with Gasteiger partial charge in [-0.15, -0.1) is 0 Å². The van der Waals surface area contributed by atoms with Gasteiger partial charge in [-0.3, -0.25) is 4.79 Å². The Bertz CT molecular complexity index is 608. The quantitative estimate of drug-likeness (QED) is 0.735. The van der Waals surface area contributed by atoms with E-state index in [-0.39, 0.29) is 11.8 Å². The highest BCUT2D eigenvalue weighted by molar-refractivity contribution is 5.94. The number of hydrogen-bond acceptors (Lipinski definition) is 3. The van der Waals surface area contributed by atoms with Crippen LogP contribution in [0.2, 0.25) is 0 Å². The van der Waals surface area contributed by atoms with Crippen LogP contribution in [0.5, 0.6) is 0 Å². The molecule has 0 unspecified atom stereocenters. The highest BCUT2D eigenvalue weighted by atomic mass is 16.2. The first kappa shape index (κ1) is 17.0. The van der Waals surface area contributed by atoms with Crippen molar-refractivity contribution in [3.63, 3.8) is 0 Å². The van der Waals surface area contributed by atoms with Crippen molar-refractivity contribution in [2.45, 2.75) is 26.3 Å². The van der Waals surface area contributed by atoms with Crippen molar-refractivity contribution in [2.24, 2.45) is 11.7 Å². The summed E-state index contributed by atoms with van der Waals surface area (Å²) in [5, 5.41) is 6.22. The number of carbonyl (C=O) groups excluding carboxylic acids is 1. The Morgan fingerprint density at radius 3 is 2.22 bits per heavy atom. The molecule has 0 fully saturated rings. The molecule has 2 aromatic rings. The fourth-order valence-corrected chi connectivity index (χ4v) is 2.20. The summed E-state index contributed by atoms with van der Waals surface area (Å²) in [6, 6.07) is 17.6. The predicted molar refractivity (Wildman–Crippen MR) is 96.5 cm³/mol. The number of rotatable bonds is 7. The summed E-state index contributed by atoms with van der Waals surface area (Å²) in [6.45, 7) is 4.74. The third-order valence-corrected chi connectivity index (χ3v) is 3.76. The van der Waals surface area contributed by atoms with Gasteiger partial charge in [-0.1, -0.05) is 44.2 Å². The van der Waals surface area contributed by atoms with E-state index in [1.807, 2.05) is 44.2 Å². The molecule has 4 nitrogen and oxygen atoms in total. The Kier molecular flexibility index (Phi) is 6.18. The standard InChI is InChI=1S/C19H25N3O/c1-14(2)18(20)19(23)22-17-10-8-16(9-11-17)21-13-12-15-6-4-3-5-7-15/h3-11,14,18,21H,12-13,20H2,1-2H3,(H,22,23)/t18-/m0/s1. The molecular weight excluding hydrogens is 286 g/mol. The lowest BCUT2D eigenvalue weighted by Crippen LogP contribution is -2.39. The van der Waals surface area contributed by atoms with Gasteiger partial charge in [-0.05, 0) is 42.2 Å². The van der Waals surface area contributed by atoms with Crippen LogP contribution in [0.15, 0.2) is 54.6 Å². The first-order valence-corrected chi connectivity index (χ1v) is 8.00. The molecule has 0 heterocycles. The van der Waals surface area contributed by atoms with E-state index in [4.69, 9.17) is 5.73 Å². The van der Waals surface area contributed by atoms with Crippen LogP contribution in [-0.2, 0) is 11.2 Å². The molecule has 0 aliphatic carbocycles. The van der Waals surface area contributed by atoms with Crippen molar-refractivity contribution in [1.29, 1.82) is 0 Å².